The molecule has 2 N–H and O–H groups in total. The molecule has 8 nitrogen and oxygen atoms in total. The van der Waals surface area contributed by atoms with E-state index in [1.54, 1.807) is 31.2 Å². The molecule has 8 heteroatoms. The smallest absolute Gasteiger partial charge is 0.311 e. The number of rotatable bonds is 6. The number of nitro benzene ring substituents is 1. The van der Waals surface area contributed by atoms with Crippen molar-refractivity contribution in [3.63, 3.8) is 0 Å². The van der Waals surface area contributed by atoms with Crippen LogP contribution >= 0.6 is 0 Å². The summed E-state index contributed by atoms with van der Waals surface area (Å²) in [4.78, 5) is 22.8. The van der Waals surface area contributed by atoms with Crippen LogP contribution in [0.3, 0.4) is 0 Å². The standard InChI is InChI=1S/C19H16N2O6/c1-12-5-7-17(16(9-12)21(24)25)26-11-15-6-8-18(27-15)19(23)20-13-3-2-4-14(22)10-13/h2-10,22H,11H2,1H3,(H,20,23). The number of aryl methyl sites for hydroxylation is 1. The largest absolute Gasteiger partial charge is 0.508 e. The second kappa shape index (κ2) is 7.61. The Kier molecular flexibility index (Phi) is 5.07. The molecule has 27 heavy (non-hydrogen) atoms. The third kappa shape index (κ3) is 4.43. The van der Waals surface area contributed by atoms with Gasteiger partial charge in [0.25, 0.3) is 5.91 Å². The first-order valence-electron chi connectivity index (χ1n) is 7.99. The molecule has 0 bridgehead atoms. The summed E-state index contributed by atoms with van der Waals surface area (Å²) in [6.07, 6.45) is 0. The van der Waals surface area contributed by atoms with Crippen LogP contribution in [0.25, 0.3) is 0 Å². The van der Waals surface area contributed by atoms with E-state index in [-0.39, 0.29) is 29.6 Å². The molecule has 138 valence electrons. The fraction of sp³-hybridized carbons (Fsp3) is 0.105. The number of nitro groups is 1. The first kappa shape index (κ1) is 18.0. The number of hydrogen-bond acceptors (Lipinski definition) is 6. The molecule has 3 aromatic rings. The highest BCUT2D eigenvalue weighted by atomic mass is 16.6. The Hall–Kier alpha value is -3.81. The molecule has 0 atom stereocenters. The zero-order valence-corrected chi connectivity index (χ0v) is 14.3. The van der Waals surface area contributed by atoms with E-state index in [4.69, 9.17) is 9.15 Å². The summed E-state index contributed by atoms with van der Waals surface area (Å²) in [5.41, 5.74) is 1.03. The molecule has 0 aliphatic heterocycles. The minimum Gasteiger partial charge on any atom is -0.508 e. The number of phenolic OH excluding ortho intramolecular Hbond substituents is 1. The number of carbonyl (C=O) groups is 1. The first-order chi connectivity index (χ1) is 12.9. The molecule has 0 radical (unpaired) electrons. The average molecular weight is 368 g/mol. The minimum absolute atomic E-state index is 0.0287. The van der Waals surface area contributed by atoms with Crippen molar-refractivity contribution in [3.8, 4) is 11.5 Å². The predicted molar refractivity (Wildman–Crippen MR) is 96.9 cm³/mol. The molecule has 1 heterocycles. The number of hydrogen-bond donors (Lipinski definition) is 2. The molecule has 0 saturated carbocycles. The Bertz CT molecular complexity index is 995. The van der Waals surface area contributed by atoms with Gasteiger partial charge in [0.05, 0.1) is 4.92 Å². The number of amides is 1. The van der Waals surface area contributed by atoms with Gasteiger partial charge in [0, 0.05) is 17.8 Å². The van der Waals surface area contributed by atoms with Crippen molar-refractivity contribution >= 4 is 17.3 Å². The van der Waals surface area contributed by atoms with E-state index in [0.29, 0.717) is 11.4 Å². The lowest BCUT2D eigenvalue weighted by Gasteiger charge is -2.06. The molecule has 0 aliphatic rings. The van der Waals surface area contributed by atoms with Crippen LogP contribution in [0.4, 0.5) is 11.4 Å². The number of aromatic hydroxyl groups is 1. The van der Waals surface area contributed by atoms with Crippen molar-refractivity contribution in [2.75, 3.05) is 5.32 Å². The van der Waals surface area contributed by atoms with Gasteiger partial charge in [-0.15, -0.1) is 0 Å². The molecule has 0 saturated heterocycles. The number of nitrogens with zero attached hydrogens (tertiary/aromatic N) is 1. The third-order valence-electron chi connectivity index (χ3n) is 3.67. The fourth-order valence-corrected chi connectivity index (χ4v) is 2.39. The minimum atomic E-state index is -0.515. The van der Waals surface area contributed by atoms with Gasteiger partial charge in [0.2, 0.25) is 0 Å². The van der Waals surface area contributed by atoms with E-state index in [2.05, 4.69) is 5.32 Å². The Balaban J connectivity index is 1.66. The lowest BCUT2D eigenvalue weighted by atomic mass is 10.2. The number of phenols is 1. The average Bonchev–Trinajstić information content (AvgIpc) is 3.09. The summed E-state index contributed by atoms with van der Waals surface area (Å²) in [6, 6.07) is 13.8. The molecule has 0 spiro atoms. The highest BCUT2D eigenvalue weighted by Crippen LogP contribution is 2.28. The van der Waals surface area contributed by atoms with Gasteiger partial charge in [0.15, 0.2) is 11.5 Å². The van der Waals surface area contributed by atoms with Crippen molar-refractivity contribution in [1.82, 2.24) is 0 Å². The maximum Gasteiger partial charge on any atom is 0.311 e. The van der Waals surface area contributed by atoms with E-state index in [1.807, 2.05) is 0 Å². The SMILES string of the molecule is Cc1ccc(OCc2ccc(C(=O)Nc3cccc(O)c3)o2)c([N+](=O)[O-])c1. The Morgan fingerprint density at radius 2 is 2.04 bits per heavy atom. The molecule has 1 aromatic heterocycles. The second-order valence-electron chi connectivity index (χ2n) is 5.79. The summed E-state index contributed by atoms with van der Waals surface area (Å²) in [5.74, 6) is 0.0447. The molecular weight excluding hydrogens is 352 g/mol. The van der Waals surface area contributed by atoms with Crippen molar-refractivity contribution in [2.24, 2.45) is 0 Å². The molecule has 1 amide bonds. The first-order valence-corrected chi connectivity index (χ1v) is 7.99. The van der Waals surface area contributed by atoms with Gasteiger partial charge in [-0.3, -0.25) is 14.9 Å². The van der Waals surface area contributed by atoms with E-state index in [9.17, 15) is 20.0 Å². The van der Waals surface area contributed by atoms with Crippen LogP contribution in [0, 0.1) is 17.0 Å². The highest BCUT2D eigenvalue weighted by Gasteiger charge is 2.17. The predicted octanol–water partition coefficient (Wildman–Crippen LogP) is 4.03. The highest BCUT2D eigenvalue weighted by molar-refractivity contribution is 6.02. The maximum absolute atomic E-state index is 12.2. The molecule has 0 unspecified atom stereocenters. The summed E-state index contributed by atoms with van der Waals surface area (Å²) in [7, 11) is 0. The summed E-state index contributed by atoms with van der Waals surface area (Å²) in [5, 5.41) is 23.1. The van der Waals surface area contributed by atoms with Crippen molar-refractivity contribution in [3.05, 3.63) is 81.8 Å². The number of furan rings is 1. The van der Waals surface area contributed by atoms with Crippen LogP contribution < -0.4 is 10.1 Å². The van der Waals surface area contributed by atoms with Crippen LogP contribution in [0.5, 0.6) is 11.5 Å². The van der Waals surface area contributed by atoms with Crippen LogP contribution in [0.2, 0.25) is 0 Å². The molecular formula is C19H16N2O6. The quantitative estimate of drug-likeness (QED) is 0.501. The van der Waals surface area contributed by atoms with Gasteiger partial charge in [0.1, 0.15) is 18.1 Å². The van der Waals surface area contributed by atoms with E-state index >= 15 is 0 Å². The Labute approximate surface area is 154 Å². The maximum atomic E-state index is 12.2. The van der Waals surface area contributed by atoms with Crippen molar-refractivity contribution < 1.29 is 24.0 Å². The normalized spacial score (nSPS) is 10.4. The number of nitrogens with one attached hydrogen (secondary N) is 1. The Morgan fingerprint density at radius 3 is 2.78 bits per heavy atom. The zero-order chi connectivity index (χ0) is 19.4. The van der Waals surface area contributed by atoms with Crippen molar-refractivity contribution in [2.45, 2.75) is 13.5 Å². The van der Waals surface area contributed by atoms with E-state index in [1.165, 1.54) is 30.3 Å². The summed E-state index contributed by atoms with van der Waals surface area (Å²) >= 11 is 0. The second-order valence-corrected chi connectivity index (χ2v) is 5.79. The molecule has 2 aromatic carbocycles. The number of ether oxygens (including phenoxy) is 1. The topological polar surface area (TPSA) is 115 Å². The van der Waals surface area contributed by atoms with Crippen LogP contribution in [-0.2, 0) is 6.61 Å². The third-order valence-corrected chi connectivity index (χ3v) is 3.67. The Morgan fingerprint density at radius 1 is 1.22 bits per heavy atom. The van der Waals surface area contributed by atoms with Gasteiger partial charge >= 0.3 is 5.69 Å². The molecule has 0 aliphatic carbocycles. The van der Waals surface area contributed by atoms with Crippen LogP contribution in [0.1, 0.15) is 21.9 Å². The fourth-order valence-electron chi connectivity index (χ4n) is 2.39. The van der Waals surface area contributed by atoms with E-state index in [0.717, 1.165) is 5.56 Å². The van der Waals surface area contributed by atoms with E-state index < -0.39 is 10.8 Å². The number of carbonyl (C=O) groups excluding carboxylic acids is 1. The van der Waals surface area contributed by atoms with Gasteiger partial charge in [-0.2, -0.15) is 0 Å². The van der Waals surface area contributed by atoms with Crippen molar-refractivity contribution in [1.29, 1.82) is 0 Å². The molecule has 3 rings (SSSR count). The van der Waals surface area contributed by atoms with Crippen LogP contribution in [-0.4, -0.2) is 15.9 Å². The lowest BCUT2D eigenvalue weighted by Crippen LogP contribution is -2.10. The number of anilines is 1. The van der Waals surface area contributed by atoms with Crippen LogP contribution in [0.15, 0.2) is 59.0 Å². The zero-order valence-electron chi connectivity index (χ0n) is 14.3. The molecule has 0 fully saturated rings. The van der Waals surface area contributed by atoms with Gasteiger partial charge < -0.3 is 19.6 Å². The monoisotopic (exact) mass is 368 g/mol. The van der Waals surface area contributed by atoms with Gasteiger partial charge in [-0.05, 0) is 42.8 Å². The van der Waals surface area contributed by atoms with Gasteiger partial charge in [-0.25, -0.2) is 0 Å². The van der Waals surface area contributed by atoms with Gasteiger partial charge in [-0.1, -0.05) is 12.1 Å². The summed E-state index contributed by atoms with van der Waals surface area (Å²) < 4.78 is 10.9. The summed E-state index contributed by atoms with van der Waals surface area (Å²) in [6.45, 7) is 1.68. The number of benzene rings is 2. The lowest BCUT2D eigenvalue weighted by molar-refractivity contribution is -0.386.